The second-order valence-electron chi connectivity index (χ2n) is 4.65. The lowest BCUT2D eigenvalue weighted by Crippen LogP contribution is -2.46. The van der Waals surface area contributed by atoms with Crippen LogP contribution in [0.4, 0.5) is 0 Å². The average Bonchev–Trinajstić information content (AvgIpc) is 2.82. The standard InChI is InChI=1S/C14H16ClNOS/c1-3-14(2,9-15)16-13(17)12-8-10-6-4-5-7-11(10)18-12/h4-8H,3,9H2,1-2H3,(H,16,17). The number of hydrogen-bond donors (Lipinski definition) is 1. The lowest BCUT2D eigenvalue weighted by molar-refractivity contribution is 0.0916. The summed E-state index contributed by atoms with van der Waals surface area (Å²) < 4.78 is 1.13. The van der Waals surface area contributed by atoms with Crippen LogP contribution in [0.15, 0.2) is 30.3 Å². The normalized spacial score (nSPS) is 14.4. The van der Waals surface area contributed by atoms with Crippen LogP contribution in [-0.4, -0.2) is 17.3 Å². The second kappa shape index (κ2) is 5.29. The zero-order chi connectivity index (χ0) is 13.2. The van der Waals surface area contributed by atoms with E-state index in [1.165, 1.54) is 11.3 Å². The first-order valence-electron chi connectivity index (χ1n) is 5.95. The van der Waals surface area contributed by atoms with E-state index in [0.29, 0.717) is 5.88 Å². The van der Waals surface area contributed by atoms with E-state index in [0.717, 1.165) is 21.4 Å². The third-order valence-corrected chi connectivity index (χ3v) is 4.84. The molecule has 2 aromatic rings. The molecule has 96 valence electrons. The van der Waals surface area contributed by atoms with E-state index in [1.54, 1.807) is 0 Å². The lowest BCUT2D eigenvalue weighted by atomic mass is 10.0. The van der Waals surface area contributed by atoms with Gasteiger partial charge in [0.2, 0.25) is 0 Å². The highest BCUT2D eigenvalue weighted by Gasteiger charge is 2.24. The van der Waals surface area contributed by atoms with Gasteiger partial charge >= 0.3 is 0 Å². The van der Waals surface area contributed by atoms with E-state index in [1.807, 2.05) is 44.2 Å². The molecule has 0 aliphatic rings. The molecule has 1 aromatic carbocycles. The maximum absolute atomic E-state index is 12.2. The van der Waals surface area contributed by atoms with Gasteiger partial charge in [0.25, 0.3) is 5.91 Å². The van der Waals surface area contributed by atoms with Crippen LogP contribution < -0.4 is 5.32 Å². The van der Waals surface area contributed by atoms with E-state index in [-0.39, 0.29) is 11.4 Å². The molecule has 2 rings (SSSR count). The summed E-state index contributed by atoms with van der Waals surface area (Å²) in [5.41, 5.74) is -0.338. The van der Waals surface area contributed by atoms with Crippen molar-refractivity contribution in [2.75, 3.05) is 5.88 Å². The van der Waals surface area contributed by atoms with Crippen molar-refractivity contribution in [3.8, 4) is 0 Å². The Hall–Kier alpha value is -1.06. The Balaban J connectivity index is 2.23. The minimum Gasteiger partial charge on any atom is -0.345 e. The first kappa shape index (κ1) is 13.4. The van der Waals surface area contributed by atoms with E-state index in [9.17, 15) is 4.79 Å². The average molecular weight is 282 g/mol. The molecule has 1 unspecified atom stereocenters. The smallest absolute Gasteiger partial charge is 0.261 e. The van der Waals surface area contributed by atoms with Crippen molar-refractivity contribution >= 4 is 38.9 Å². The molecule has 1 atom stereocenters. The lowest BCUT2D eigenvalue weighted by Gasteiger charge is -2.26. The Morgan fingerprint density at radius 3 is 2.78 bits per heavy atom. The fourth-order valence-electron chi connectivity index (χ4n) is 1.65. The van der Waals surface area contributed by atoms with Gasteiger partial charge in [-0.25, -0.2) is 0 Å². The largest absolute Gasteiger partial charge is 0.345 e. The molecule has 0 radical (unpaired) electrons. The van der Waals surface area contributed by atoms with Crippen LogP contribution in [0.2, 0.25) is 0 Å². The minimum atomic E-state index is -0.338. The van der Waals surface area contributed by atoms with E-state index >= 15 is 0 Å². The van der Waals surface area contributed by atoms with Crippen LogP contribution in [0.5, 0.6) is 0 Å². The Morgan fingerprint density at radius 1 is 1.44 bits per heavy atom. The second-order valence-corrected chi connectivity index (χ2v) is 6.00. The van der Waals surface area contributed by atoms with Gasteiger partial charge in [0.05, 0.1) is 10.4 Å². The summed E-state index contributed by atoms with van der Waals surface area (Å²) in [6.45, 7) is 3.98. The molecular weight excluding hydrogens is 266 g/mol. The Kier molecular flexibility index (Phi) is 3.93. The predicted molar refractivity (Wildman–Crippen MR) is 78.7 cm³/mol. The summed E-state index contributed by atoms with van der Waals surface area (Å²) in [5, 5.41) is 4.12. The number of thiophene rings is 1. The van der Waals surface area contributed by atoms with Gasteiger partial charge in [-0.2, -0.15) is 0 Å². The predicted octanol–water partition coefficient (Wildman–Crippen LogP) is 4.04. The molecule has 0 aliphatic heterocycles. The summed E-state index contributed by atoms with van der Waals surface area (Å²) in [6.07, 6.45) is 0.813. The SMILES string of the molecule is CCC(C)(CCl)NC(=O)c1cc2ccccc2s1. The molecule has 1 heterocycles. The van der Waals surface area contributed by atoms with E-state index < -0.39 is 0 Å². The van der Waals surface area contributed by atoms with Crippen molar-refractivity contribution in [1.29, 1.82) is 0 Å². The van der Waals surface area contributed by atoms with Crippen molar-refractivity contribution in [1.82, 2.24) is 5.32 Å². The summed E-state index contributed by atoms with van der Waals surface area (Å²) >= 11 is 7.42. The summed E-state index contributed by atoms with van der Waals surface area (Å²) in [5.74, 6) is 0.376. The highest BCUT2D eigenvalue weighted by Crippen LogP contribution is 2.25. The number of amides is 1. The molecule has 4 heteroatoms. The van der Waals surface area contributed by atoms with E-state index in [2.05, 4.69) is 5.32 Å². The number of rotatable bonds is 4. The molecular formula is C14H16ClNOS. The molecule has 1 aromatic heterocycles. The first-order chi connectivity index (χ1) is 8.58. The fourth-order valence-corrected chi connectivity index (χ4v) is 2.86. The number of fused-ring (bicyclic) bond motifs is 1. The van der Waals surface area contributed by atoms with Crippen molar-refractivity contribution in [2.45, 2.75) is 25.8 Å². The number of nitrogens with one attached hydrogen (secondary N) is 1. The zero-order valence-electron chi connectivity index (χ0n) is 10.5. The van der Waals surface area contributed by atoms with Crippen LogP contribution in [0.1, 0.15) is 29.9 Å². The van der Waals surface area contributed by atoms with Gasteiger partial charge in [-0.3, -0.25) is 4.79 Å². The van der Waals surface area contributed by atoms with Gasteiger partial charge in [0, 0.05) is 10.6 Å². The van der Waals surface area contributed by atoms with Crippen molar-refractivity contribution in [3.05, 3.63) is 35.2 Å². The molecule has 0 spiro atoms. The van der Waals surface area contributed by atoms with Crippen LogP contribution in [0.25, 0.3) is 10.1 Å². The zero-order valence-corrected chi connectivity index (χ0v) is 12.1. The maximum atomic E-state index is 12.2. The van der Waals surface area contributed by atoms with Gasteiger partial charge in [0.15, 0.2) is 0 Å². The topological polar surface area (TPSA) is 29.1 Å². The van der Waals surface area contributed by atoms with Crippen LogP contribution >= 0.6 is 22.9 Å². The Bertz CT molecular complexity index is 527. The molecule has 2 nitrogen and oxygen atoms in total. The highest BCUT2D eigenvalue weighted by molar-refractivity contribution is 7.20. The number of carbonyl (C=O) groups excluding carboxylic acids is 1. The third-order valence-electron chi connectivity index (χ3n) is 3.14. The van der Waals surface area contributed by atoms with Gasteiger partial charge in [-0.15, -0.1) is 22.9 Å². The minimum absolute atomic E-state index is 0.0406. The van der Waals surface area contributed by atoms with Crippen LogP contribution in [0.3, 0.4) is 0 Å². The molecule has 0 bridgehead atoms. The van der Waals surface area contributed by atoms with Gasteiger partial charge in [-0.1, -0.05) is 25.1 Å². The van der Waals surface area contributed by atoms with Gasteiger partial charge in [0.1, 0.15) is 0 Å². The Morgan fingerprint density at radius 2 is 2.17 bits per heavy atom. The molecule has 1 amide bonds. The highest BCUT2D eigenvalue weighted by atomic mass is 35.5. The summed E-state index contributed by atoms with van der Waals surface area (Å²) in [7, 11) is 0. The quantitative estimate of drug-likeness (QED) is 0.842. The number of hydrogen-bond acceptors (Lipinski definition) is 2. The summed E-state index contributed by atoms with van der Waals surface area (Å²) in [6, 6.07) is 9.93. The molecule has 0 aliphatic carbocycles. The Labute approximate surface area is 116 Å². The number of carbonyl (C=O) groups is 1. The maximum Gasteiger partial charge on any atom is 0.261 e. The fraction of sp³-hybridized carbons (Fsp3) is 0.357. The molecule has 18 heavy (non-hydrogen) atoms. The van der Waals surface area contributed by atoms with Crippen LogP contribution in [0, 0.1) is 0 Å². The van der Waals surface area contributed by atoms with Crippen LogP contribution in [-0.2, 0) is 0 Å². The third kappa shape index (κ3) is 2.68. The van der Waals surface area contributed by atoms with Gasteiger partial charge < -0.3 is 5.32 Å². The van der Waals surface area contributed by atoms with Crippen molar-refractivity contribution in [3.63, 3.8) is 0 Å². The number of halogens is 1. The van der Waals surface area contributed by atoms with Crippen molar-refractivity contribution < 1.29 is 4.79 Å². The monoisotopic (exact) mass is 281 g/mol. The van der Waals surface area contributed by atoms with E-state index in [4.69, 9.17) is 11.6 Å². The van der Waals surface area contributed by atoms with Gasteiger partial charge in [-0.05, 0) is 30.9 Å². The molecule has 0 saturated carbocycles. The van der Waals surface area contributed by atoms with Crippen molar-refractivity contribution in [2.24, 2.45) is 0 Å². The molecule has 1 N–H and O–H groups in total. The first-order valence-corrected chi connectivity index (χ1v) is 7.30. The number of alkyl halides is 1. The number of benzene rings is 1. The molecule has 0 saturated heterocycles. The molecule has 0 fully saturated rings. The summed E-state index contributed by atoms with van der Waals surface area (Å²) in [4.78, 5) is 12.9.